The van der Waals surface area contributed by atoms with Gasteiger partial charge in [0.2, 0.25) is 0 Å². The average Bonchev–Trinajstić information content (AvgIpc) is 2.70. The molecule has 1 saturated heterocycles. The highest BCUT2D eigenvalue weighted by molar-refractivity contribution is 9.10. The van der Waals surface area contributed by atoms with Crippen LogP contribution in [0.2, 0.25) is 0 Å². The zero-order chi connectivity index (χ0) is 15.1. The number of hydrogen-bond acceptors (Lipinski definition) is 4. The molecule has 1 aromatic rings. The Morgan fingerprint density at radius 3 is 2.65 bits per heavy atom. The highest BCUT2D eigenvalue weighted by atomic mass is 79.9. The maximum Gasteiger partial charge on any atom is 0.275 e. The van der Waals surface area contributed by atoms with Gasteiger partial charge in [-0.3, -0.25) is 15.0 Å². The molecule has 1 heterocycles. The van der Waals surface area contributed by atoms with E-state index in [0.29, 0.717) is 10.0 Å². The van der Waals surface area contributed by atoms with Gasteiger partial charge in [-0.1, -0.05) is 15.9 Å². The van der Waals surface area contributed by atoms with Crippen molar-refractivity contribution in [1.82, 2.24) is 4.90 Å². The third-order valence-electron chi connectivity index (χ3n) is 3.81. The standard InChI is InChI=1S/C14H20BrN3O2/c1-14(2,3)17-7-6-11(16)13(17)10-5-4-9(15)8-12(10)18(19)20/h4-5,8,11,13H,6-7,16H2,1-3H3. The second-order valence-corrected chi connectivity index (χ2v) is 7.14. The molecular formula is C14H20BrN3O2. The molecule has 0 aliphatic carbocycles. The number of hydrogen-bond donors (Lipinski definition) is 1. The van der Waals surface area contributed by atoms with Crippen LogP contribution in [0.1, 0.15) is 38.8 Å². The van der Waals surface area contributed by atoms with Crippen molar-refractivity contribution < 1.29 is 4.92 Å². The molecular weight excluding hydrogens is 322 g/mol. The van der Waals surface area contributed by atoms with E-state index in [-0.39, 0.29) is 28.2 Å². The van der Waals surface area contributed by atoms with Gasteiger partial charge in [-0.05, 0) is 39.3 Å². The lowest BCUT2D eigenvalue weighted by Gasteiger charge is -2.38. The summed E-state index contributed by atoms with van der Waals surface area (Å²) in [6, 6.07) is 5.03. The Kier molecular flexibility index (Phi) is 4.18. The maximum absolute atomic E-state index is 11.3. The number of nitrogens with two attached hydrogens (primary N) is 1. The predicted molar refractivity (Wildman–Crippen MR) is 82.6 cm³/mol. The van der Waals surface area contributed by atoms with Gasteiger partial charge >= 0.3 is 0 Å². The number of benzene rings is 1. The molecule has 1 aliphatic rings. The molecule has 0 saturated carbocycles. The molecule has 2 rings (SSSR count). The quantitative estimate of drug-likeness (QED) is 0.662. The third-order valence-corrected chi connectivity index (χ3v) is 4.31. The third kappa shape index (κ3) is 2.87. The fourth-order valence-corrected chi connectivity index (χ4v) is 3.24. The molecule has 2 N–H and O–H groups in total. The minimum atomic E-state index is -0.327. The molecule has 1 aromatic carbocycles. The smallest absolute Gasteiger partial charge is 0.275 e. The summed E-state index contributed by atoms with van der Waals surface area (Å²) in [6.07, 6.45) is 0.856. The minimum absolute atomic E-state index is 0.0697. The molecule has 1 aliphatic heterocycles. The van der Waals surface area contributed by atoms with Crippen LogP contribution in [0.25, 0.3) is 0 Å². The van der Waals surface area contributed by atoms with Crippen LogP contribution in [-0.4, -0.2) is 27.9 Å². The Morgan fingerprint density at radius 1 is 1.45 bits per heavy atom. The number of halogens is 1. The average molecular weight is 342 g/mol. The monoisotopic (exact) mass is 341 g/mol. The number of nitro groups is 1. The fraction of sp³-hybridized carbons (Fsp3) is 0.571. The van der Waals surface area contributed by atoms with Crippen LogP contribution in [0.4, 0.5) is 5.69 Å². The van der Waals surface area contributed by atoms with E-state index in [0.717, 1.165) is 13.0 Å². The lowest BCUT2D eigenvalue weighted by Crippen LogP contribution is -2.43. The van der Waals surface area contributed by atoms with E-state index >= 15 is 0 Å². The van der Waals surface area contributed by atoms with Crippen LogP contribution in [0.3, 0.4) is 0 Å². The Bertz CT molecular complexity index is 528. The molecule has 1 fully saturated rings. The molecule has 2 unspecified atom stereocenters. The molecule has 20 heavy (non-hydrogen) atoms. The second kappa shape index (κ2) is 5.42. The molecule has 0 amide bonds. The topological polar surface area (TPSA) is 72.4 Å². The van der Waals surface area contributed by atoms with Crippen molar-refractivity contribution in [1.29, 1.82) is 0 Å². The Balaban J connectivity index is 2.51. The Labute approximate surface area is 127 Å². The van der Waals surface area contributed by atoms with Gasteiger partial charge in [-0.2, -0.15) is 0 Å². The lowest BCUT2D eigenvalue weighted by molar-refractivity contribution is -0.386. The van der Waals surface area contributed by atoms with E-state index in [2.05, 4.69) is 41.6 Å². The van der Waals surface area contributed by atoms with Crippen molar-refractivity contribution in [2.24, 2.45) is 5.73 Å². The number of likely N-dealkylation sites (tertiary alicyclic amines) is 1. The molecule has 110 valence electrons. The molecule has 0 bridgehead atoms. The molecule has 0 aromatic heterocycles. The van der Waals surface area contributed by atoms with Gasteiger partial charge in [0.15, 0.2) is 0 Å². The van der Waals surface area contributed by atoms with Crippen LogP contribution in [0.15, 0.2) is 22.7 Å². The summed E-state index contributed by atoms with van der Waals surface area (Å²) in [4.78, 5) is 13.2. The van der Waals surface area contributed by atoms with Gasteiger partial charge in [0.05, 0.1) is 11.0 Å². The second-order valence-electron chi connectivity index (χ2n) is 6.22. The van der Waals surface area contributed by atoms with Crippen molar-refractivity contribution in [3.05, 3.63) is 38.3 Å². The summed E-state index contributed by atoms with van der Waals surface area (Å²) in [5, 5.41) is 11.3. The van der Waals surface area contributed by atoms with Gasteiger partial charge in [0.25, 0.3) is 5.69 Å². The van der Waals surface area contributed by atoms with Crippen molar-refractivity contribution in [3.8, 4) is 0 Å². The van der Waals surface area contributed by atoms with E-state index in [9.17, 15) is 10.1 Å². The Morgan fingerprint density at radius 2 is 2.10 bits per heavy atom. The maximum atomic E-state index is 11.3. The number of nitro benzene ring substituents is 1. The zero-order valence-corrected chi connectivity index (χ0v) is 13.6. The first-order valence-electron chi connectivity index (χ1n) is 6.68. The first-order chi connectivity index (χ1) is 9.21. The minimum Gasteiger partial charge on any atom is -0.326 e. The van der Waals surface area contributed by atoms with Crippen LogP contribution in [0, 0.1) is 10.1 Å². The molecule has 6 heteroatoms. The van der Waals surface area contributed by atoms with Crippen LogP contribution in [-0.2, 0) is 0 Å². The van der Waals surface area contributed by atoms with E-state index < -0.39 is 0 Å². The SMILES string of the molecule is CC(C)(C)N1CCC(N)C1c1ccc(Br)cc1[N+](=O)[O-]. The van der Waals surface area contributed by atoms with Gasteiger partial charge < -0.3 is 5.73 Å². The fourth-order valence-electron chi connectivity index (χ4n) is 2.89. The van der Waals surface area contributed by atoms with Crippen LogP contribution >= 0.6 is 15.9 Å². The van der Waals surface area contributed by atoms with Gasteiger partial charge in [0, 0.05) is 34.2 Å². The van der Waals surface area contributed by atoms with Crippen molar-refractivity contribution >= 4 is 21.6 Å². The first kappa shape index (κ1) is 15.4. The largest absolute Gasteiger partial charge is 0.326 e. The molecule has 5 nitrogen and oxygen atoms in total. The summed E-state index contributed by atoms with van der Waals surface area (Å²) in [5.41, 5.74) is 7.00. The highest BCUT2D eigenvalue weighted by Crippen LogP contribution is 2.40. The summed E-state index contributed by atoms with van der Waals surface area (Å²) >= 11 is 3.29. The number of rotatable bonds is 2. The van der Waals surface area contributed by atoms with E-state index in [1.165, 1.54) is 0 Å². The predicted octanol–water partition coefficient (Wildman–Crippen LogP) is 3.23. The van der Waals surface area contributed by atoms with Crippen molar-refractivity contribution in [2.75, 3.05) is 6.54 Å². The summed E-state index contributed by atoms with van der Waals surface area (Å²) in [5.74, 6) is 0. The van der Waals surface area contributed by atoms with Crippen LogP contribution < -0.4 is 5.73 Å². The van der Waals surface area contributed by atoms with Crippen LogP contribution in [0.5, 0.6) is 0 Å². The summed E-state index contributed by atoms with van der Waals surface area (Å²) in [7, 11) is 0. The van der Waals surface area contributed by atoms with Gasteiger partial charge in [0.1, 0.15) is 0 Å². The number of nitrogens with zero attached hydrogens (tertiary/aromatic N) is 2. The highest BCUT2D eigenvalue weighted by Gasteiger charge is 2.41. The molecule has 0 spiro atoms. The normalized spacial score (nSPS) is 24.1. The molecule has 2 atom stereocenters. The summed E-state index contributed by atoms with van der Waals surface area (Å²) < 4.78 is 0.710. The molecule has 0 radical (unpaired) electrons. The zero-order valence-electron chi connectivity index (χ0n) is 12.0. The van der Waals surface area contributed by atoms with E-state index in [1.807, 2.05) is 12.1 Å². The summed E-state index contributed by atoms with van der Waals surface area (Å²) in [6.45, 7) is 7.21. The Hall–Kier alpha value is -0.980. The lowest BCUT2D eigenvalue weighted by atomic mass is 9.95. The van der Waals surface area contributed by atoms with Gasteiger partial charge in [-0.25, -0.2) is 0 Å². The van der Waals surface area contributed by atoms with Crippen molar-refractivity contribution in [3.63, 3.8) is 0 Å². The van der Waals surface area contributed by atoms with Crippen molar-refractivity contribution in [2.45, 2.75) is 44.8 Å². The van der Waals surface area contributed by atoms with E-state index in [4.69, 9.17) is 5.73 Å². The van der Waals surface area contributed by atoms with Gasteiger partial charge in [-0.15, -0.1) is 0 Å². The van der Waals surface area contributed by atoms with E-state index in [1.54, 1.807) is 6.07 Å². The first-order valence-corrected chi connectivity index (χ1v) is 7.47.